The van der Waals surface area contributed by atoms with Crippen LogP contribution in [0.25, 0.3) is 22.3 Å². The van der Waals surface area contributed by atoms with Crippen molar-refractivity contribution in [2.24, 2.45) is 0 Å². The average molecular weight is 453 g/mol. The molecule has 4 N–H and O–H groups in total. The van der Waals surface area contributed by atoms with E-state index in [1.807, 2.05) is 35.0 Å². The second kappa shape index (κ2) is 9.29. The zero-order chi connectivity index (χ0) is 23.5. The number of carbonyl (C=O) groups excluding carboxylic acids is 1. The Balaban J connectivity index is 1.37. The zero-order valence-electron chi connectivity index (χ0n) is 18.5. The first-order chi connectivity index (χ1) is 16.6. The molecule has 1 aliphatic rings. The molecule has 0 radical (unpaired) electrons. The normalized spacial score (nSPS) is 15.7. The maximum Gasteiger partial charge on any atom is 0.251 e. The highest BCUT2D eigenvalue weighted by molar-refractivity contribution is 5.98. The standard InChI is InChI=1S/C25H24N8O/c26-12-17-3-1-4-19(11-17)25(34)29-13-16-6-8-18(9-7-16)22-21-23(27)30-15-31-24(21)33(32-22)20-5-2-10-28-14-20/h1,3-4,6-9,11,15,20,28H,2,5,10,13-14H2,(H,29,34)(H2,27,30,31)/t20-/m1/s1. The van der Waals surface area contributed by atoms with Crippen molar-refractivity contribution in [3.05, 3.63) is 71.5 Å². The minimum Gasteiger partial charge on any atom is -0.383 e. The lowest BCUT2D eigenvalue weighted by Crippen LogP contribution is -2.32. The maximum absolute atomic E-state index is 12.4. The summed E-state index contributed by atoms with van der Waals surface area (Å²) in [5.74, 6) is 0.183. The first-order valence-corrected chi connectivity index (χ1v) is 11.2. The van der Waals surface area contributed by atoms with Gasteiger partial charge in [-0.3, -0.25) is 4.79 Å². The fourth-order valence-corrected chi connectivity index (χ4v) is 4.29. The summed E-state index contributed by atoms with van der Waals surface area (Å²) in [5, 5.41) is 21.0. The molecule has 3 heterocycles. The Hall–Kier alpha value is -4.29. The predicted molar refractivity (Wildman–Crippen MR) is 129 cm³/mol. The van der Waals surface area contributed by atoms with Gasteiger partial charge in [0.15, 0.2) is 5.65 Å². The number of nitriles is 1. The van der Waals surface area contributed by atoms with Gasteiger partial charge in [-0.1, -0.05) is 30.3 Å². The molecule has 0 spiro atoms. The lowest BCUT2D eigenvalue weighted by molar-refractivity contribution is 0.0951. The van der Waals surface area contributed by atoms with Gasteiger partial charge in [-0.15, -0.1) is 0 Å². The number of carbonyl (C=O) groups is 1. The van der Waals surface area contributed by atoms with Crippen LogP contribution in [0.1, 0.15) is 40.4 Å². The Labute approximate surface area is 196 Å². The van der Waals surface area contributed by atoms with E-state index < -0.39 is 0 Å². The van der Waals surface area contributed by atoms with Crippen LogP contribution in [-0.4, -0.2) is 38.7 Å². The van der Waals surface area contributed by atoms with Crippen LogP contribution in [0.4, 0.5) is 5.82 Å². The summed E-state index contributed by atoms with van der Waals surface area (Å²) < 4.78 is 1.97. The molecule has 0 bridgehead atoms. The molecule has 9 nitrogen and oxygen atoms in total. The minimum absolute atomic E-state index is 0.216. The monoisotopic (exact) mass is 452 g/mol. The van der Waals surface area contributed by atoms with E-state index in [4.69, 9.17) is 16.1 Å². The summed E-state index contributed by atoms with van der Waals surface area (Å²) in [6, 6.07) is 16.7. The van der Waals surface area contributed by atoms with Crippen molar-refractivity contribution < 1.29 is 4.79 Å². The van der Waals surface area contributed by atoms with Crippen molar-refractivity contribution in [2.75, 3.05) is 18.8 Å². The molecule has 1 amide bonds. The van der Waals surface area contributed by atoms with Crippen molar-refractivity contribution in [1.29, 1.82) is 5.26 Å². The Bertz CT molecular complexity index is 1380. The molecule has 2 aromatic carbocycles. The van der Waals surface area contributed by atoms with E-state index in [9.17, 15) is 4.79 Å². The van der Waals surface area contributed by atoms with Crippen molar-refractivity contribution in [1.82, 2.24) is 30.4 Å². The van der Waals surface area contributed by atoms with E-state index in [1.165, 1.54) is 6.33 Å². The van der Waals surface area contributed by atoms with Gasteiger partial charge in [0.25, 0.3) is 5.91 Å². The number of nitrogens with zero attached hydrogens (tertiary/aromatic N) is 5. The van der Waals surface area contributed by atoms with Crippen LogP contribution in [0.2, 0.25) is 0 Å². The van der Waals surface area contributed by atoms with Crippen LogP contribution in [0.5, 0.6) is 0 Å². The summed E-state index contributed by atoms with van der Waals surface area (Å²) in [5.41, 5.74) is 10.5. The molecule has 1 fully saturated rings. The summed E-state index contributed by atoms with van der Waals surface area (Å²) in [4.78, 5) is 21.1. The van der Waals surface area contributed by atoms with Gasteiger partial charge in [-0.05, 0) is 43.1 Å². The second-order valence-electron chi connectivity index (χ2n) is 8.32. The number of piperidine rings is 1. The van der Waals surface area contributed by atoms with E-state index in [1.54, 1.807) is 24.3 Å². The number of nitrogens with one attached hydrogen (secondary N) is 2. The third-order valence-corrected chi connectivity index (χ3v) is 6.07. The minimum atomic E-state index is -0.225. The summed E-state index contributed by atoms with van der Waals surface area (Å²) >= 11 is 0. The third-order valence-electron chi connectivity index (χ3n) is 6.07. The van der Waals surface area contributed by atoms with Crippen molar-refractivity contribution >= 4 is 22.8 Å². The Kier molecular flexibility index (Phi) is 5.89. The molecule has 1 aliphatic heterocycles. The molecule has 1 saturated heterocycles. The van der Waals surface area contributed by atoms with Gasteiger partial charge in [-0.2, -0.15) is 10.4 Å². The molecular weight excluding hydrogens is 428 g/mol. The average Bonchev–Trinajstić information content (AvgIpc) is 3.29. The highest BCUT2D eigenvalue weighted by Crippen LogP contribution is 2.32. The van der Waals surface area contributed by atoms with E-state index in [-0.39, 0.29) is 11.9 Å². The van der Waals surface area contributed by atoms with Crippen LogP contribution in [0, 0.1) is 11.3 Å². The molecule has 170 valence electrons. The van der Waals surface area contributed by atoms with Gasteiger partial charge in [-0.25, -0.2) is 14.6 Å². The molecule has 5 rings (SSSR count). The number of amides is 1. The summed E-state index contributed by atoms with van der Waals surface area (Å²) in [7, 11) is 0. The topological polar surface area (TPSA) is 135 Å². The Morgan fingerprint density at radius 2 is 2.09 bits per heavy atom. The highest BCUT2D eigenvalue weighted by atomic mass is 16.1. The lowest BCUT2D eigenvalue weighted by atomic mass is 10.1. The van der Waals surface area contributed by atoms with Crippen LogP contribution >= 0.6 is 0 Å². The number of benzene rings is 2. The van der Waals surface area contributed by atoms with E-state index in [0.717, 1.165) is 53.8 Å². The molecule has 1 atom stereocenters. The SMILES string of the molecule is N#Cc1cccc(C(=O)NCc2ccc(-c3nn([C@@H]4CCCNC4)c4ncnc(N)c34)cc2)c1. The number of nitrogen functional groups attached to an aromatic ring is 1. The number of hydrogen-bond acceptors (Lipinski definition) is 7. The van der Waals surface area contributed by atoms with E-state index >= 15 is 0 Å². The van der Waals surface area contributed by atoms with Crippen LogP contribution in [0.15, 0.2) is 54.9 Å². The van der Waals surface area contributed by atoms with Gasteiger partial charge < -0.3 is 16.4 Å². The van der Waals surface area contributed by atoms with Gasteiger partial charge in [0, 0.05) is 24.2 Å². The number of aromatic nitrogens is 4. The van der Waals surface area contributed by atoms with Crippen molar-refractivity contribution in [3.63, 3.8) is 0 Å². The largest absolute Gasteiger partial charge is 0.383 e. The van der Waals surface area contributed by atoms with Crippen LogP contribution in [-0.2, 0) is 6.54 Å². The summed E-state index contributed by atoms with van der Waals surface area (Å²) in [6.45, 7) is 2.22. The van der Waals surface area contributed by atoms with Gasteiger partial charge in [0.1, 0.15) is 17.8 Å². The molecular formula is C25H24N8O. The Morgan fingerprint density at radius 3 is 2.85 bits per heavy atom. The first kappa shape index (κ1) is 21.6. The smallest absolute Gasteiger partial charge is 0.251 e. The highest BCUT2D eigenvalue weighted by Gasteiger charge is 2.23. The second-order valence-corrected chi connectivity index (χ2v) is 8.32. The molecule has 9 heteroatoms. The maximum atomic E-state index is 12.4. The molecule has 2 aromatic heterocycles. The lowest BCUT2D eigenvalue weighted by Gasteiger charge is -2.23. The molecule has 0 aliphatic carbocycles. The number of rotatable bonds is 5. The van der Waals surface area contributed by atoms with Crippen LogP contribution < -0.4 is 16.4 Å². The zero-order valence-corrected chi connectivity index (χ0v) is 18.5. The fourth-order valence-electron chi connectivity index (χ4n) is 4.29. The van der Waals surface area contributed by atoms with Gasteiger partial charge >= 0.3 is 0 Å². The molecule has 34 heavy (non-hydrogen) atoms. The number of hydrogen-bond donors (Lipinski definition) is 3. The first-order valence-electron chi connectivity index (χ1n) is 11.2. The number of fused-ring (bicyclic) bond motifs is 1. The fraction of sp³-hybridized carbons (Fsp3) is 0.240. The van der Waals surface area contributed by atoms with Gasteiger partial charge in [0.05, 0.1) is 23.1 Å². The molecule has 0 unspecified atom stereocenters. The van der Waals surface area contributed by atoms with Crippen molar-refractivity contribution in [2.45, 2.75) is 25.4 Å². The third kappa shape index (κ3) is 4.19. The summed E-state index contributed by atoms with van der Waals surface area (Å²) in [6.07, 6.45) is 3.60. The van der Waals surface area contributed by atoms with E-state index in [2.05, 4.69) is 20.6 Å². The Morgan fingerprint density at radius 1 is 1.24 bits per heavy atom. The van der Waals surface area contributed by atoms with E-state index in [0.29, 0.717) is 23.5 Å². The van der Waals surface area contributed by atoms with Crippen molar-refractivity contribution in [3.8, 4) is 17.3 Å². The predicted octanol–water partition coefficient (Wildman–Crippen LogP) is 2.80. The van der Waals surface area contributed by atoms with Gasteiger partial charge in [0.2, 0.25) is 0 Å². The number of anilines is 1. The van der Waals surface area contributed by atoms with Crippen LogP contribution in [0.3, 0.4) is 0 Å². The number of nitrogens with two attached hydrogens (primary N) is 1. The quantitative estimate of drug-likeness (QED) is 0.424. The molecule has 4 aromatic rings. The molecule has 0 saturated carbocycles.